The molecule has 1 N–H and O–H groups in total. The third-order valence-electron chi connectivity index (χ3n) is 4.10. The maximum atomic E-state index is 11.6. The van der Waals surface area contributed by atoms with Gasteiger partial charge in [-0.2, -0.15) is 0 Å². The van der Waals surface area contributed by atoms with E-state index in [1.807, 2.05) is 42.5 Å². The van der Waals surface area contributed by atoms with Gasteiger partial charge < -0.3 is 10.1 Å². The lowest BCUT2D eigenvalue weighted by molar-refractivity contribution is 0.181. The number of rotatable bonds is 4. The number of para-hydroxylation sites is 1. The standard InChI is InChI=1S/C18H17N3O2S/c1-12(19-17-20-15-4-2-3-5-16(15)24-17)13-6-8-14(9-7-13)21-10-11-23-18(21)22/h2-9,12H,10-11H2,1H3,(H,19,20)/t12-/m0/s1. The Morgan fingerprint density at radius 2 is 2.00 bits per heavy atom. The summed E-state index contributed by atoms with van der Waals surface area (Å²) in [7, 11) is 0. The minimum Gasteiger partial charge on any atom is -0.447 e. The molecule has 1 fully saturated rings. The highest BCUT2D eigenvalue weighted by Crippen LogP contribution is 2.29. The number of anilines is 2. The van der Waals surface area contributed by atoms with E-state index in [1.54, 1.807) is 16.2 Å². The fraction of sp³-hybridized carbons (Fsp3) is 0.222. The monoisotopic (exact) mass is 339 g/mol. The fourth-order valence-electron chi connectivity index (χ4n) is 2.77. The van der Waals surface area contributed by atoms with E-state index in [-0.39, 0.29) is 12.1 Å². The van der Waals surface area contributed by atoms with E-state index in [4.69, 9.17) is 4.74 Å². The molecule has 1 aliphatic heterocycles. The van der Waals surface area contributed by atoms with Crippen LogP contribution < -0.4 is 10.2 Å². The number of hydrogen-bond donors (Lipinski definition) is 1. The molecule has 0 radical (unpaired) electrons. The molecule has 24 heavy (non-hydrogen) atoms. The van der Waals surface area contributed by atoms with E-state index in [0.29, 0.717) is 13.2 Å². The maximum Gasteiger partial charge on any atom is 0.414 e. The van der Waals surface area contributed by atoms with Crippen LogP contribution in [-0.4, -0.2) is 24.2 Å². The van der Waals surface area contributed by atoms with Crippen molar-refractivity contribution in [2.45, 2.75) is 13.0 Å². The van der Waals surface area contributed by atoms with Crippen LogP contribution in [0.25, 0.3) is 10.2 Å². The molecule has 0 bridgehead atoms. The molecule has 1 aromatic heterocycles. The molecule has 0 spiro atoms. The lowest BCUT2D eigenvalue weighted by Gasteiger charge is -2.16. The minimum atomic E-state index is -0.275. The van der Waals surface area contributed by atoms with Crippen molar-refractivity contribution in [2.75, 3.05) is 23.4 Å². The van der Waals surface area contributed by atoms with Gasteiger partial charge in [-0.1, -0.05) is 35.6 Å². The van der Waals surface area contributed by atoms with Crippen LogP contribution in [0.4, 0.5) is 15.6 Å². The number of carbonyl (C=O) groups excluding carboxylic acids is 1. The van der Waals surface area contributed by atoms with Crippen molar-refractivity contribution in [1.29, 1.82) is 0 Å². The van der Waals surface area contributed by atoms with Gasteiger partial charge in [-0.15, -0.1) is 0 Å². The van der Waals surface area contributed by atoms with Gasteiger partial charge in [0, 0.05) is 5.69 Å². The number of carbonyl (C=O) groups is 1. The van der Waals surface area contributed by atoms with Gasteiger partial charge in [0.1, 0.15) is 6.61 Å². The molecule has 2 heterocycles. The third-order valence-corrected chi connectivity index (χ3v) is 5.07. The quantitative estimate of drug-likeness (QED) is 0.764. The highest BCUT2D eigenvalue weighted by molar-refractivity contribution is 7.22. The zero-order valence-electron chi connectivity index (χ0n) is 13.2. The first-order valence-corrected chi connectivity index (χ1v) is 8.69. The number of aromatic nitrogens is 1. The van der Waals surface area contributed by atoms with Gasteiger partial charge >= 0.3 is 6.09 Å². The number of amides is 1. The van der Waals surface area contributed by atoms with Crippen molar-refractivity contribution in [2.24, 2.45) is 0 Å². The number of benzene rings is 2. The summed E-state index contributed by atoms with van der Waals surface area (Å²) < 4.78 is 6.15. The Morgan fingerprint density at radius 3 is 2.71 bits per heavy atom. The molecule has 1 aliphatic rings. The zero-order chi connectivity index (χ0) is 16.5. The second-order valence-electron chi connectivity index (χ2n) is 5.71. The van der Waals surface area contributed by atoms with Crippen LogP contribution in [-0.2, 0) is 4.74 Å². The predicted octanol–water partition coefficient (Wildman–Crippen LogP) is 4.43. The number of nitrogens with one attached hydrogen (secondary N) is 1. The van der Waals surface area contributed by atoms with Crippen LogP contribution in [0.1, 0.15) is 18.5 Å². The number of ether oxygens (including phenoxy) is 1. The van der Waals surface area contributed by atoms with Gasteiger partial charge in [-0.05, 0) is 36.8 Å². The van der Waals surface area contributed by atoms with E-state index < -0.39 is 0 Å². The van der Waals surface area contributed by atoms with Gasteiger partial charge in [0.25, 0.3) is 0 Å². The highest BCUT2D eigenvalue weighted by Gasteiger charge is 2.23. The second kappa shape index (κ2) is 6.13. The lowest BCUT2D eigenvalue weighted by atomic mass is 10.1. The third kappa shape index (κ3) is 2.80. The molecule has 2 aromatic carbocycles. The van der Waals surface area contributed by atoms with Crippen molar-refractivity contribution < 1.29 is 9.53 Å². The van der Waals surface area contributed by atoms with Crippen molar-refractivity contribution in [3.05, 3.63) is 54.1 Å². The number of hydrogen-bond acceptors (Lipinski definition) is 5. The first-order valence-electron chi connectivity index (χ1n) is 7.87. The Morgan fingerprint density at radius 1 is 1.21 bits per heavy atom. The number of cyclic esters (lactones) is 1. The molecular weight excluding hydrogens is 322 g/mol. The van der Waals surface area contributed by atoms with Crippen LogP contribution in [0.5, 0.6) is 0 Å². The summed E-state index contributed by atoms with van der Waals surface area (Å²) in [5, 5.41) is 4.36. The van der Waals surface area contributed by atoms with E-state index >= 15 is 0 Å². The van der Waals surface area contributed by atoms with Gasteiger partial charge in [0.05, 0.1) is 22.8 Å². The van der Waals surface area contributed by atoms with E-state index in [9.17, 15) is 4.79 Å². The first kappa shape index (κ1) is 15.0. The normalized spacial score (nSPS) is 15.5. The molecule has 0 unspecified atom stereocenters. The van der Waals surface area contributed by atoms with Gasteiger partial charge in [-0.25, -0.2) is 9.78 Å². The molecular formula is C18H17N3O2S. The predicted molar refractivity (Wildman–Crippen MR) is 96.8 cm³/mol. The molecule has 6 heteroatoms. The van der Waals surface area contributed by atoms with Crippen LogP contribution in [0, 0.1) is 0 Å². The average Bonchev–Trinajstić information content (AvgIpc) is 3.20. The highest BCUT2D eigenvalue weighted by atomic mass is 32.1. The molecule has 5 nitrogen and oxygen atoms in total. The molecule has 1 amide bonds. The summed E-state index contributed by atoms with van der Waals surface area (Å²) in [4.78, 5) is 17.9. The van der Waals surface area contributed by atoms with Gasteiger partial charge in [0.15, 0.2) is 5.13 Å². The number of fused-ring (bicyclic) bond motifs is 1. The Kier molecular flexibility index (Phi) is 3.82. The van der Waals surface area contributed by atoms with E-state index in [0.717, 1.165) is 21.9 Å². The van der Waals surface area contributed by atoms with Crippen molar-refractivity contribution in [3.63, 3.8) is 0 Å². The largest absolute Gasteiger partial charge is 0.447 e. The van der Waals surface area contributed by atoms with Gasteiger partial charge in [-0.3, -0.25) is 4.90 Å². The SMILES string of the molecule is C[C@H](Nc1nc2ccccc2s1)c1ccc(N2CCOC2=O)cc1. The van der Waals surface area contributed by atoms with Crippen LogP contribution in [0.2, 0.25) is 0 Å². The maximum absolute atomic E-state index is 11.6. The Labute approximate surface area is 143 Å². The Hall–Kier alpha value is -2.60. The summed E-state index contributed by atoms with van der Waals surface area (Å²) in [6.45, 7) is 3.17. The van der Waals surface area contributed by atoms with Crippen LogP contribution in [0.3, 0.4) is 0 Å². The molecule has 0 saturated carbocycles. The topological polar surface area (TPSA) is 54.5 Å². The molecule has 122 valence electrons. The van der Waals surface area contributed by atoms with Crippen molar-refractivity contribution in [3.8, 4) is 0 Å². The number of nitrogens with zero attached hydrogens (tertiary/aromatic N) is 2. The lowest BCUT2D eigenvalue weighted by Crippen LogP contribution is -2.23. The summed E-state index contributed by atoms with van der Waals surface area (Å²) in [5.41, 5.74) is 3.03. The fourth-order valence-corrected chi connectivity index (χ4v) is 3.73. The van der Waals surface area contributed by atoms with Crippen LogP contribution >= 0.6 is 11.3 Å². The molecule has 4 rings (SSSR count). The summed E-state index contributed by atoms with van der Waals surface area (Å²) in [5.74, 6) is 0. The summed E-state index contributed by atoms with van der Waals surface area (Å²) in [6, 6.07) is 16.2. The molecule has 0 aliphatic carbocycles. The molecule has 3 aromatic rings. The van der Waals surface area contributed by atoms with E-state index in [2.05, 4.69) is 23.3 Å². The van der Waals surface area contributed by atoms with Gasteiger partial charge in [0.2, 0.25) is 0 Å². The first-order chi connectivity index (χ1) is 11.7. The zero-order valence-corrected chi connectivity index (χ0v) is 14.0. The molecule has 1 saturated heterocycles. The molecule has 1 atom stereocenters. The smallest absolute Gasteiger partial charge is 0.414 e. The van der Waals surface area contributed by atoms with Crippen molar-refractivity contribution in [1.82, 2.24) is 4.98 Å². The van der Waals surface area contributed by atoms with E-state index in [1.165, 1.54) is 4.70 Å². The second-order valence-corrected chi connectivity index (χ2v) is 6.74. The summed E-state index contributed by atoms with van der Waals surface area (Å²) >= 11 is 1.65. The Bertz CT molecular complexity index is 842. The minimum absolute atomic E-state index is 0.130. The average molecular weight is 339 g/mol. The number of thiazole rings is 1. The Balaban J connectivity index is 1.49. The van der Waals surface area contributed by atoms with Crippen molar-refractivity contribution >= 4 is 38.5 Å². The van der Waals surface area contributed by atoms with Crippen LogP contribution in [0.15, 0.2) is 48.5 Å². The summed E-state index contributed by atoms with van der Waals surface area (Å²) in [6.07, 6.45) is -0.275.